The van der Waals surface area contributed by atoms with Crippen molar-refractivity contribution in [3.8, 4) is 5.75 Å². The van der Waals surface area contributed by atoms with Gasteiger partial charge in [0, 0.05) is 10.9 Å². The van der Waals surface area contributed by atoms with Gasteiger partial charge in [0.15, 0.2) is 0 Å². The molecule has 0 heterocycles. The molecule has 19 heavy (non-hydrogen) atoms. The molecule has 0 atom stereocenters. The third-order valence-corrected chi connectivity index (χ3v) is 4.07. The smallest absolute Gasteiger partial charge is 0.232 e. The van der Waals surface area contributed by atoms with Crippen LogP contribution >= 0.6 is 23.2 Å². The van der Waals surface area contributed by atoms with E-state index in [1.54, 1.807) is 12.1 Å². The quantitative estimate of drug-likeness (QED) is 0.744. The lowest BCUT2D eigenvalue weighted by Crippen LogP contribution is -2.17. The third-order valence-electron chi connectivity index (χ3n) is 2.22. The van der Waals surface area contributed by atoms with Crippen molar-refractivity contribution < 1.29 is 13.2 Å². The molecule has 0 amide bonds. The summed E-state index contributed by atoms with van der Waals surface area (Å²) in [5.74, 6) is 0.743. The van der Waals surface area contributed by atoms with Crippen LogP contribution in [0.2, 0.25) is 5.02 Å². The maximum Gasteiger partial charge on any atom is 0.232 e. The van der Waals surface area contributed by atoms with Gasteiger partial charge in [0.05, 0.1) is 18.0 Å². The molecule has 0 unspecified atom stereocenters. The SMILES string of the molecule is CCCOc1ccc(Cl)cc1NS(=O)(=O)CCCCl. The molecule has 0 aliphatic carbocycles. The number of benzene rings is 1. The fraction of sp³-hybridized carbons (Fsp3) is 0.500. The number of halogens is 2. The molecule has 0 radical (unpaired) electrons. The van der Waals surface area contributed by atoms with Crippen LogP contribution in [0, 0.1) is 0 Å². The van der Waals surface area contributed by atoms with Gasteiger partial charge < -0.3 is 4.74 Å². The van der Waals surface area contributed by atoms with Crippen LogP contribution in [0.4, 0.5) is 5.69 Å². The van der Waals surface area contributed by atoms with Crippen molar-refractivity contribution in [2.24, 2.45) is 0 Å². The van der Waals surface area contributed by atoms with E-state index in [1.807, 2.05) is 6.92 Å². The lowest BCUT2D eigenvalue weighted by atomic mass is 10.3. The van der Waals surface area contributed by atoms with Crippen molar-refractivity contribution in [3.63, 3.8) is 0 Å². The molecule has 7 heteroatoms. The van der Waals surface area contributed by atoms with Crippen LogP contribution in [0.3, 0.4) is 0 Å². The Morgan fingerprint density at radius 1 is 1.37 bits per heavy atom. The summed E-state index contributed by atoms with van der Waals surface area (Å²) in [6, 6.07) is 4.84. The fourth-order valence-electron chi connectivity index (χ4n) is 1.38. The summed E-state index contributed by atoms with van der Waals surface area (Å²) in [6.45, 7) is 2.48. The van der Waals surface area contributed by atoms with E-state index in [0.717, 1.165) is 6.42 Å². The summed E-state index contributed by atoms with van der Waals surface area (Å²) >= 11 is 11.4. The van der Waals surface area contributed by atoms with E-state index in [2.05, 4.69) is 4.72 Å². The van der Waals surface area contributed by atoms with Crippen LogP contribution in [-0.2, 0) is 10.0 Å². The summed E-state index contributed by atoms with van der Waals surface area (Å²) in [5.41, 5.74) is 0.357. The van der Waals surface area contributed by atoms with E-state index in [4.69, 9.17) is 27.9 Å². The third kappa shape index (κ3) is 5.89. The van der Waals surface area contributed by atoms with Crippen molar-refractivity contribution in [3.05, 3.63) is 23.2 Å². The van der Waals surface area contributed by atoms with Gasteiger partial charge >= 0.3 is 0 Å². The Morgan fingerprint density at radius 2 is 2.11 bits per heavy atom. The molecular formula is C12H17Cl2NO3S. The monoisotopic (exact) mass is 325 g/mol. The highest BCUT2D eigenvalue weighted by Crippen LogP contribution is 2.29. The molecule has 0 aliphatic heterocycles. The second kappa shape index (κ2) is 7.82. The molecule has 0 saturated carbocycles. The van der Waals surface area contributed by atoms with Crippen LogP contribution in [0.5, 0.6) is 5.75 Å². The number of hydrogen-bond donors (Lipinski definition) is 1. The molecule has 0 fully saturated rings. The van der Waals surface area contributed by atoms with Gasteiger partial charge in [-0.3, -0.25) is 4.72 Å². The number of hydrogen-bond acceptors (Lipinski definition) is 3. The maximum atomic E-state index is 11.8. The van der Waals surface area contributed by atoms with Crippen molar-refractivity contribution in [2.45, 2.75) is 19.8 Å². The van der Waals surface area contributed by atoms with Gasteiger partial charge in [-0.15, -0.1) is 11.6 Å². The Kier molecular flexibility index (Phi) is 6.75. The summed E-state index contributed by atoms with van der Waals surface area (Å²) in [6.07, 6.45) is 1.23. The zero-order valence-corrected chi connectivity index (χ0v) is 13.0. The molecule has 0 bridgehead atoms. The Labute approximate surface area is 124 Å². The Balaban J connectivity index is 2.88. The minimum atomic E-state index is -3.43. The molecular weight excluding hydrogens is 309 g/mol. The van der Waals surface area contributed by atoms with E-state index < -0.39 is 10.0 Å². The average Bonchev–Trinajstić information content (AvgIpc) is 2.35. The van der Waals surface area contributed by atoms with Gasteiger partial charge in [0.25, 0.3) is 0 Å². The average molecular weight is 326 g/mol. The first-order valence-corrected chi connectivity index (χ1v) is 8.54. The van der Waals surface area contributed by atoms with Gasteiger partial charge in [0.1, 0.15) is 5.75 Å². The second-order valence-corrected chi connectivity index (χ2v) is 6.61. The summed E-state index contributed by atoms with van der Waals surface area (Å²) in [7, 11) is -3.43. The number of rotatable bonds is 8. The highest BCUT2D eigenvalue weighted by atomic mass is 35.5. The Morgan fingerprint density at radius 3 is 2.74 bits per heavy atom. The molecule has 1 N–H and O–H groups in total. The van der Waals surface area contributed by atoms with E-state index in [-0.39, 0.29) is 5.75 Å². The van der Waals surface area contributed by atoms with Crippen LogP contribution in [0.1, 0.15) is 19.8 Å². The molecule has 1 aromatic carbocycles. The number of alkyl halides is 1. The lowest BCUT2D eigenvalue weighted by molar-refractivity contribution is 0.319. The molecule has 0 spiro atoms. The van der Waals surface area contributed by atoms with Gasteiger partial charge in [-0.2, -0.15) is 0 Å². The zero-order valence-electron chi connectivity index (χ0n) is 10.7. The van der Waals surface area contributed by atoms with Crippen LogP contribution in [-0.4, -0.2) is 26.7 Å². The minimum Gasteiger partial charge on any atom is -0.491 e. The molecule has 0 aliphatic rings. The first-order valence-electron chi connectivity index (χ1n) is 5.97. The standard InChI is InChI=1S/C12H17Cl2NO3S/c1-2-7-18-12-5-4-10(14)9-11(12)15-19(16,17)8-3-6-13/h4-5,9,15H,2-3,6-8H2,1H3. The molecule has 0 saturated heterocycles. The highest BCUT2D eigenvalue weighted by Gasteiger charge is 2.13. The molecule has 0 aromatic heterocycles. The van der Waals surface area contributed by atoms with Gasteiger partial charge in [-0.25, -0.2) is 8.42 Å². The van der Waals surface area contributed by atoms with Crippen LogP contribution in [0.25, 0.3) is 0 Å². The van der Waals surface area contributed by atoms with Gasteiger partial charge in [-0.1, -0.05) is 18.5 Å². The van der Waals surface area contributed by atoms with Crippen molar-refractivity contribution in [2.75, 3.05) is 23.0 Å². The van der Waals surface area contributed by atoms with Crippen molar-refractivity contribution in [1.29, 1.82) is 0 Å². The number of nitrogens with one attached hydrogen (secondary N) is 1. The second-order valence-electron chi connectivity index (χ2n) is 3.95. The number of ether oxygens (including phenoxy) is 1. The predicted molar refractivity (Wildman–Crippen MR) is 80.0 cm³/mol. The van der Waals surface area contributed by atoms with Crippen molar-refractivity contribution >= 4 is 38.9 Å². The largest absolute Gasteiger partial charge is 0.491 e. The maximum absolute atomic E-state index is 11.8. The molecule has 1 aromatic rings. The first-order chi connectivity index (χ1) is 8.98. The van der Waals surface area contributed by atoms with Crippen LogP contribution in [0.15, 0.2) is 18.2 Å². The number of sulfonamides is 1. The van der Waals surface area contributed by atoms with Crippen LogP contribution < -0.4 is 9.46 Å². The summed E-state index contributed by atoms with van der Waals surface area (Å²) in [4.78, 5) is 0. The van der Waals surface area contributed by atoms with E-state index in [1.165, 1.54) is 6.07 Å². The van der Waals surface area contributed by atoms with Gasteiger partial charge in [-0.05, 0) is 31.0 Å². The topological polar surface area (TPSA) is 55.4 Å². The van der Waals surface area contributed by atoms with Crippen molar-refractivity contribution in [1.82, 2.24) is 0 Å². The molecule has 4 nitrogen and oxygen atoms in total. The Bertz CT molecular complexity index is 506. The summed E-state index contributed by atoms with van der Waals surface area (Å²) < 4.78 is 31.6. The van der Waals surface area contributed by atoms with E-state index in [9.17, 15) is 8.42 Å². The predicted octanol–water partition coefficient (Wildman–Crippen LogP) is 3.50. The normalized spacial score (nSPS) is 11.3. The Hall–Kier alpha value is -0.650. The lowest BCUT2D eigenvalue weighted by Gasteiger charge is -2.13. The number of anilines is 1. The first kappa shape index (κ1) is 16.4. The van der Waals surface area contributed by atoms with E-state index >= 15 is 0 Å². The summed E-state index contributed by atoms with van der Waals surface area (Å²) in [5, 5.41) is 0.443. The minimum absolute atomic E-state index is 0.0315. The molecule has 108 valence electrons. The fourth-order valence-corrected chi connectivity index (χ4v) is 2.97. The van der Waals surface area contributed by atoms with E-state index in [0.29, 0.717) is 35.4 Å². The van der Waals surface area contributed by atoms with Gasteiger partial charge in [0.2, 0.25) is 10.0 Å². The molecule has 1 rings (SSSR count). The highest BCUT2D eigenvalue weighted by molar-refractivity contribution is 7.92. The zero-order chi connectivity index (χ0) is 14.3.